The summed E-state index contributed by atoms with van der Waals surface area (Å²) in [5, 5.41) is 3.29. The van der Waals surface area contributed by atoms with Crippen LogP contribution in [-0.2, 0) is 0 Å². The van der Waals surface area contributed by atoms with Crippen molar-refractivity contribution in [3.8, 4) is 0 Å². The molecule has 1 heterocycles. The van der Waals surface area contributed by atoms with Crippen LogP contribution in [0, 0.1) is 23.2 Å². The van der Waals surface area contributed by atoms with Crippen LogP contribution in [0.1, 0.15) is 62.4 Å². The number of hydrogen-bond acceptors (Lipinski definition) is 2. The summed E-state index contributed by atoms with van der Waals surface area (Å²) in [7, 11) is 0. The van der Waals surface area contributed by atoms with Gasteiger partial charge in [0, 0.05) is 6.04 Å². The molecular formula is C18H25NO2. The fourth-order valence-electron chi connectivity index (χ4n) is 5.93. The molecule has 4 fully saturated rings. The van der Waals surface area contributed by atoms with E-state index in [0.717, 1.165) is 24.2 Å². The van der Waals surface area contributed by atoms with Crippen LogP contribution in [-0.4, -0.2) is 11.9 Å². The molecule has 1 aromatic heterocycles. The van der Waals surface area contributed by atoms with Crippen LogP contribution in [0.4, 0.5) is 0 Å². The Hall–Kier alpha value is -1.25. The predicted molar refractivity (Wildman–Crippen MR) is 80.9 cm³/mol. The van der Waals surface area contributed by atoms with E-state index in [1.165, 1.54) is 38.5 Å². The van der Waals surface area contributed by atoms with E-state index in [1.54, 1.807) is 18.4 Å². The molecule has 4 saturated carbocycles. The zero-order valence-electron chi connectivity index (χ0n) is 12.8. The molecule has 5 rings (SSSR count). The molecule has 114 valence electrons. The summed E-state index contributed by atoms with van der Waals surface area (Å²) in [4.78, 5) is 12.4. The summed E-state index contributed by atoms with van der Waals surface area (Å²) in [5.74, 6) is 3.17. The Morgan fingerprint density at radius 3 is 2.38 bits per heavy atom. The fourth-order valence-corrected chi connectivity index (χ4v) is 5.93. The molecule has 0 saturated heterocycles. The average Bonchev–Trinajstić information content (AvgIpc) is 2.97. The van der Waals surface area contributed by atoms with Gasteiger partial charge in [0.1, 0.15) is 0 Å². The lowest BCUT2D eigenvalue weighted by molar-refractivity contribution is -0.0728. The van der Waals surface area contributed by atoms with Crippen molar-refractivity contribution in [2.75, 3.05) is 0 Å². The minimum absolute atomic E-state index is 0.0393. The first-order valence-corrected chi connectivity index (χ1v) is 8.53. The van der Waals surface area contributed by atoms with Gasteiger partial charge >= 0.3 is 0 Å². The molecule has 1 aromatic rings. The molecule has 1 N–H and O–H groups in total. The van der Waals surface area contributed by atoms with Gasteiger partial charge in [0.25, 0.3) is 5.91 Å². The third kappa shape index (κ3) is 2.21. The topological polar surface area (TPSA) is 42.2 Å². The van der Waals surface area contributed by atoms with Crippen LogP contribution in [0.3, 0.4) is 0 Å². The summed E-state index contributed by atoms with van der Waals surface area (Å²) in [6, 6.07) is 3.84. The largest absolute Gasteiger partial charge is 0.459 e. The molecule has 3 nitrogen and oxygen atoms in total. The monoisotopic (exact) mass is 287 g/mol. The lowest BCUT2D eigenvalue weighted by atomic mass is 9.47. The normalized spacial score (nSPS) is 38.4. The van der Waals surface area contributed by atoms with E-state index in [9.17, 15) is 4.79 Å². The molecule has 0 spiro atoms. The highest BCUT2D eigenvalue weighted by Gasteiger charge is 2.54. The first kappa shape index (κ1) is 13.4. The third-order valence-electron chi connectivity index (χ3n) is 6.28. The Balaban J connectivity index is 1.54. The molecule has 0 unspecified atom stereocenters. The molecule has 0 aromatic carbocycles. The quantitative estimate of drug-likeness (QED) is 0.909. The standard InChI is InChI=1S/C18H25NO2/c1-2-16(19-17(20)15-4-3-5-21-15)18-9-12-6-13(10-18)8-14(7-12)11-18/h3-5,12-14,16H,2,6-11H2,1H3,(H,19,20)/t12?,13?,14?,16-,18?/m1/s1. The van der Waals surface area contributed by atoms with Gasteiger partial charge in [0.2, 0.25) is 0 Å². The van der Waals surface area contributed by atoms with E-state index in [2.05, 4.69) is 12.2 Å². The summed E-state index contributed by atoms with van der Waals surface area (Å²) >= 11 is 0. The number of furan rings is 1. The Morgan fingerprint density at radius 1 is 1.29 bits per heavy atom. The molecule has 21 heavy (non-hydrogen) atoms. The number of amides is 1. The maximum absolute atomic E-state index is 12.4. The Morgan fingerprint density at radius 2 is 1.90 bits per heavy atom. The summed E-state index contributed by atoms with van der Waals surface area (Å²) in [5.41, 5.74) is 0.367. The van der Waals surface area contributed by atoms with Crippen LogP contribution >= 0.6 is 0 Å². The van der Waals surface area contributed by atoms with E-state index >= 15 is 0 Å². The van der Waals surface area contributed by atoms with E-state index in [1.807, 2.05) is 0 Å². The maximum atomic E-state index is 12.4. The molecule has 4 aliphatic rings. The molecule has 4 aliphatic carbocycles. The first-order valence-electron chi connectivity index (χ1n) is 8.53. The van der Waals surface area contributed by atoms with Gasteiger partial charge in [-0.05, 0) is 80.2 Å². The van der Waals surface area contributed by atoms with Crippen LogP contribution in [0.15, 0.2) is 22.8 Å². The predicted octanol–water partition coefficient (Wildman–Crippen LogP) is 4.00. The number of rotatable bonds is 4. The smallest absolute Gasteiger partial charge is 0.287 e. The van der Waals surface area contributed by atoms with Gasteiger partial charge in [-0.3, -0.25) is 4.79 Å². The highest BCUT2D eigenvalue weighted by atomic mass is 16.3. The third-order valence-corrected chi connectivity index (χ3v) is 6.28. The Labute approximate surface area is 126 Å². The first-order chi connectivity index (χ1) is 10.2. The summed E-state index contributed by atoms with van der Waals surface area (Å²) < 4.78 is 5.25. The van der Waals surface area contributed by atoms with Crippen LogP contribution < -0.4 is 5.32 Å². The summed E-state index contributed by atoms with van der Waals surface area (Å²) in [6.45, 7) is 2.21. The SMILES string of the molecule is CC[C@@H](NC(=O)c1ccco1)C12CC3CC(CC(C3)C1)C2. The van der Waals surface area contributed by atoms with Gasteiger partial charge < -0.3 is 9.73 Å². The van der Waals surface area contributed by atoms with Crippen molar-refractivity contribution in [3.63, 3.8) is 0 Å². The zero-order chi connectivity index (χ0) is 14.4. The van der Waals surface area contributed by atoms with Gasteiger partial charge in [0.05, 0.1) is 6.26 Å². The second kappa shape index (κ2) is 4.89. The average molecular weight is 287 g/mol. The van der Waals surface area contributed by atoms with Crippen molar-refractivity contribution in [1.29, 1.82) is 0 Å². The molecular weight excluding hydrogens is 262 g/mol. The van der Waals surface area contributed by atoms with Crippen molar-refractivity contribution in [1.82, 2.24) is 5.32 Å². The molecule has 0 aliphatic heterocycles. The minimum atomic E-state index is -0.0393. The zero-order valence-corrected chi connectivity index (χ0v) is 12.8. The van der Waals surface area contributed by atoms with Gasteiger partial charge in [-0.25, -0.2) is 0 Å². The second-order valence-electron chi connectivity index (χ2n) is 7.69. The molecule has 3 heteroatoms. The van der Waals surface area contributed by atoms with E-state index in [4.69, 9.17) is 4.42 Å². The molecule has 1 amide bonds. The lowest BCUT2D eigenvalue weighted by Crippen LogP contribution is -2.56. The van der Waals surface area contributed by atoms with Crippen LogP contribution in [0.25, 0.3) is 0 Å². The highest BCUT2D eigenvalue weighted by molar-refractivity contribution is 5.91. The van der Waals surface area contributed by atoms with Gasteiger partial charge in [-0.2, -0.15) is 0 Å². The van der Waals surface area contributed by atoms with Crippen LogP contribution in [0.5, 0.6) is 0 Å². The fraction of sp³-hybridized carbons (Fsp3) is 0.722. The van der Waals surface area contributed by atoms with E-state index in [-0.39, 0.29) is 5.91 Å². The highest BCUT2D eigenvalue weighted by Crippen LogP contribution is 2.61. The number of hydrogen-bond donors (Lipinski definition) is 1. The minimum Gasteiger partial charge on any atom is -0.459 e. The van der Waals surface area contributed by atoms with Crippen molar-refractivity contribution < 1.29 is 9.21 Å². The second-order valence-corrected chi connectivity index (χ2v) is 7.69. The summed E-state index contributed by atoms with van der Waals surface area (Å²) in [6.07, 6.45) is 10.9. The van der Waals surface area contributed by atoms with Crippen molar-refractivity contribution in [3.05, 3.63) is 24.2 Å². The van der Waals surface area contributed by atoms with Gasteiger partial charge in [-0.1, -0.05) is 6.92 Å². The molecule has 1 atom stereocenters. The van der Waals surface area contributed by atoms with E-state index in [0.29, 0.717) is 17.2 Å². The lowest BCUT2D eigenvalue weighted by Gasteiger charge is -2.59. The van der Waals surface area contributed by atoms with Crippen molar-refractivity contribution in [2.45, 2.75) is 57.9 Å². The van der Waals surface area contributed by atoms with Crippen molar-refractivity contribution >= 4 is 5.91 Å². The maximum Gasteiger partial charge on any atom is 0.287 e. The van der Waals surface area contributed by atoms with Gasteiger partial charge in [-0.15, -0.1) is 0 Å². The molecule has 0 radical (unpaired) electrons. The number of carbonyl (C=O) groups excluding carboxylic acids is 1. The molecule has 4 bridgehead atoms. The number of nitrogens with one attached hydrogen (secondary N) is 1. The Kier molecular flexibility index (Phi) is 3.13. The van der Waals surface area contributed by atoms with Gasteiger partial charge in [0.15, 0.2) is 5.76 Å². The number of carbonyl (C=O) groups is 1. The van der Waals surface area contributed by atoms with Crippen LogP contribution in [0.2, 0.25) is 0 Å². The van der Waals surface area contributed by atoms with E-state index < -0.39 is 0 Å². The Bertz CT molecular complexity index is 484. The van der Waals surface area contributed by atoms with Crippen molar-refractivity contribution in [2.24, 2.45) is 23.2 Å².